The highest BCUT2D eigenvalue weighted by atomic mass is 35.5. The van der Waals surface area contributed by atoms with Crippen LogP contribution in [0, 0.1) is 0 Å². The number of benzene rings is 2. The molecule has 0 spiro atoms. The van der Waals surface area contributed by atoms with Crippen molar-refractivity contribution in [1.82, 2.24) is 10.1 Å². The van der Waals surface area contributed by atoms with Gasteiger partial charge in [-0.3, -0.25) is 0 Å². The van der Waals surface area contributed by atoms with Gasteiger partial charge in [-0.05, 0) is 23.3 Å². The number of ether oxygens (including phenoxy) is 2. The van der Waals surface area contributed by atoms with Crippen LogP contribution in [-0.4, -0.2) is 24.4 Å². The van der Waals surface area contributed by atoms with Crippen LogP contribution in [0.4, 0.5) is 0 Å². The molecule has 0 bridgehead atoms. The van der Waals surface area contributed by atoms with Gasteiger partial charge in [0.15, 0.2) is 17.3 Å². The Morgan fingerprint density at radius 1 is 1.04 bits per heavy atom. The number of nitrogens with two attached hydrogens (primary N) is 1. The lowest BCUT2D eigenvalue weighted by Crippen LogP contribution is -2.13. The number of halogens is 1. The van der Waals surface area contributed by atoms with Gasteiger partial charge in [0, 0.05) is 18.9 Å². The highest BCUT2D eigenvalue weighted by Crippen LogP contribution is 2.28. The average molecular weight is 376 g/mol. The van der Waals surface area contributed by atoms with Crippen LogP contribution in [-0.2, 0) is 12.8 Å². The van der Waals surface area contributed by atoms with Crippen molar-refractivity contribution >= 4 is 12.4 Å². The molecule has 1 heterocycles. The van der Waals surface area contributed by atoms with Crippen LogP contribution in [0.25, 0.3) is 0 Å². The molecule has 1 unspecified atom stereocenters. The summed E-state index contributed by atoms with van der Waals surface area (Å²) in [5, 5.41) is 4.04. The molecule has 26 heavy (non-hydrogen) atoms. The Labute approximate surface area is 158 Å². The van der Waals surface area contributed by atoms with Gasteiger partial charge in [-0.1, -0.05) is 41.6 Å². The van der Waals surface area contributed by atoms with Crippen molar-refractivity contribution in [2.45, 2.75) is 18.9 Å². The fourth-order valence-electron chi connectivity index (χ4n) is 2.62. The lowest BCUT2D eigenvalue weighted by Gasteiger charge is -2.08. The van der Waals surface area contributed by atoms with Crippen LogP contribution in [0.2, 0.25) is 0 Å². The van der Waals surface area contributed by atoms with E-state index >= 15 is 0 Å². The van der Waals surface area contributed by atoms with E-state index in [-0.39, 0.29) is 18.4 Å². The molecular weight excluding hydrogens is 354 g/mol. The Morgan fingerprint density at radius 3 is 2.46 bits per heavy atom. The molecule has 0 radical (unpaired) electrons. The van der Waals surface area contributed by atoms with Crippen molar-refractivity contribution in [2.24, 2.45) is 5.73 Å². The van der Waals surface area contributed by atoms with Gasteiger partial charge in [-0.25, -0.2) is 0 Å². The summed E-state index contributed by atoms with van der Waals surface area (Å²) in [5.74, 6) is 2.51. The molecule has 2 N–H and O–H groups in total. The van der Waals surface area contributed by atoms with E-state index in [1.807, 2.05) is 48.5 Å². The molecule has 3 aromatic rings. The summed E-state index contributed by atoms with van der Waals surface area (Å²) in [7, 11) is 3.22. The first-order chi connectivity index (χ1) is 12.2. The van der Waals surface area contributed by atoms with Gasteiger partial charge in [0.1, 0.15) is 0 Å². The Kier molecular flexibility index (Phi) is 7.00. The maximum atomic E-state index is 6.20. The maximum absolute atomic E-state index is 6.20. The Morgan fingerprint density at radius 2 is 1.77 bits per heavy atom. The van der Waals surface area contributed by atoms with Crippen LogP contribution >= 0.6 is 12.4 Å². The van der Waals surface area contributed by atoms with Crippen LogP contribution in [0.15, 0.2) is 53.1 Å². The van der Waals surface area contributed by atoms with E-state index < -0.39 is 0 Å². The third kappa shape index (κ3) is 4.74. The standard InChI is InChI=1S/C19H21N3O3.ClH/c1-23-16-9-8-13(10-17(16)24-2)11-18-21-19(25-22-18)12-15(20)14-6-4-3-5-7-14;/h3-10,15H,11-12,20H2,1-2H3;1H. The number of methoxy groups -OCH3 is 2. The minimum Gasteiger partial charge on any atom is -0.493 e. The summed E-state index contributed by atoms with van der Waals surface area (Å²) in [5.41, 5.74) is 8.26. The molecule has 2 aromatic carbocycles. The normalized spacial score (nSPS) is 11.5. The summed E-state index contributed by atoms with van der Waals surface area (Å²) < 4.78 is 15.9. The molecule has 0 aliphatic carbocycles. The molecular formula is C19H22ClN3O3. The number of nitrogens with zero attached hydrogens (tertiary/aromatic N) is 2. The summed E-state index contributed by atoms with van der Waals surface area (Å²) in [6, 6.07) is 15.4. The topological polar surface area (TPSA) is 83.4 Å². The number of hydrogen-bond acceptors (Lipinski definition) is 6. The third-order valence-corrected chi connectivity index (χ3v) is 3.94. The van der Waals surface area contributed by atoms with Crippen molar-refractivity contribution in [3.63, 3.8) is 0 Å². The first-order valence-corrected chi connectivity index (χ1v) is 8.02. The molecule has 0 fully saturated rings. The molecule has 1 aromatic heterocycles. The quantitative estimate of drug-likeness (QED) is 0.681. The fraction of sp³-hybridized carbons (Fsp3) is 0.263. The second-order valence-electron chi connectivity index (χ2n) is 5.69. The number of aromatic nitrogens is 2. The van der Waals surface area contributed by atoms with Gasteiger partial charge < -0.3 is 19.7 Å². The monoisotopic (exact) mass is 375 g/mol. The average Bonchev–Trinajstić information content (AvgIpc) is 3.09. The van der Waals surface area contributed by atoms with E-state index in [0.29, 0.717) is 36.1 Å². The van der Waals surface area contributed by atoms with Gasteiger partial charge in [-0.2, -0.15) is 4.98 Å². The zero-order valence-corrected chi connectivity index (χ0v) is 15.5. The molecule has 138 valence electrons. The molecule has 0 saturated heterocycles. The van der Waals surface area contributed by atoms with E-state index in [1.54, 1.807) is 14.2 Å². The minimum absolute atomic E-state index is 0. The molecule has 6 nitrogen and oxygen atoms in total. The van der Waals surface area contributed by atoms with Crippen molar-refractivity contribution in [1.29, 1.82) is 0 Å². The van der Waals surface area contributed by atoms with E-state index in [4.69, 9.17) is 19.7 Å². The van der Waals surface area contributed by atoms with E-state index in [1.165, 1.54) is 0 Å². The van der Waals surface area contributed by atoms with Gasteiger partial charge in [0.2, 0.25) is 5.89 Å². The molecule has 1 atom stereocenters. The van der Waals surface area contributed by atoms with E-state index in [0.717, 1.165) is 11.1 Å². The van der Waals surface area contributed by atoms with Crippen LogP contribution in [0.5, 0.6) is 11.5 Å². The van der Waals surface area contributed by atoms with Gasteiger partial charge >= 0.3 is 0 Å². The number of rotatable bonds is 7. The minimum atomic E-state index is -0.171. The van der Waals surface area contributed by atoms with Crippen LogP contribution in [0.3, 0.4) is 0 Å². The molecule has 3 rings (SSSR count). The highest BCUT2D eigenvalue weighted by molar-refractivity contribution is 5.85. The molecule has 0 aliphatic rings. The first kappa shape index (κ1) is 19.8. The second kappa shape index (κ2) is 9.22. The largest absolute Gasteiger partial charge is 0.493 e. The third-order valence-electron chi connectivity index (χ3n) is 3.94. The summed E-state index contributed by atoms with van der Waals surface area (Å²) >= 11 is 0. The Bertz CT molecular complexity index is 824. The zero-order valence-electron chi connectivity index (χ0n) is 14.7. The molecule has 0 amide bonds. The Hall–Kier alpha value is -2.57. The summed E-state index contributed by atoms with van der Waals surface area (Å²) in [4.78, 5) is 4.44. The van der Waals surface area contributed by atoms with E-state index in [9.17, 15) is 0 Å². The molecule has 0 saturated carbocycles. The van der Waals surface area contributed by atoms with Crippen molar-refractivity contribution in [2.75, 3.05) is 14.2 Å². The SMILES string of the molecule is COc1ccc(Cc2noc(CC(N)c3ccccc3)n2)cc1OC.Cl. The van der Waals surface area contributed by atoms with Gasteiger partial charge in [0.05, 0.1) is 14.2 Å². The lowest BCUT2D eigenvalue weighted by atomic mass is 10.1. The Balaban J connectivity index is 0.00000243. The summed E-state index contributed by atoms with van der Waals surface area (Å²) in [6.45, 7) is 0. The van der Waals surface area contributed by atoms with Gasteiger partial charge in [0.25, 0.3) is 0 Å². The number of hydrogen-bond donors (Lipinski definition) is 1. The van der Waals surface area contributed by atoms with E-state index in [2.05, 4.69) is 10.1 Å². The zero-order chi connectivity index (χ0) is 17.6. The summed E-state index contributed by atoms with van der Waals surface area (Å²) in [6.07, 6.45) is 1.05. The predicted molar refractivity (Wildman–Crippen MR) is 101 cm³/mol. The van der Waals surface area contributed by atoms with Crippen molar-refractivity contribution in [3.05, 3.63) is 71.4 Å². The van der Waals surface area contributed by atoms with Crippen LogP contribution in [0.1, 0.15) is 28.9 Å². The first-order valence-electron chi connectivity index (χ1n) is 8.02. The predicted octanol–water partition coefficient (Wildman–Crippen LogP) is 3.34. The second-order valence-corrected chi connectivity index (χ2v) is 5.69. The molecule has 0 aliphatic heterocycles. The fourth-order valence-corrected chi connectivity index (χ4v) is 2.62. The van der Waals surface area contributed by atoms with Crippen molar-refractivity contribution < 1.29 is 14.0 Å². The van der Waals surface area contributed by atoms with Crippen LogP contribution < -0.4 is 15.2 Å². The molecule has 7 heteroatoms. The smallest absolute Gasteiger partial charge is 0.228 e. The van der Waals surface area contributed by atoms with Crippen molar-refractivity contribution in [3.8, 4) is 11.5 Å². The van der Waals surface area contributed by atoms with Gasteiger partial charge in [-0.15, -0.1) is 12.4 Å². The lowest BCUT2D eigenvalue weighted by molar-refractivity contribution is 0.354. The maximum Gasteiger partial charge on any atom is 0.228 e. The highest BCUT2D eigenvalue weighted by Gasteiger charge is 2.14.